The molecular formula is C21H35F3N4O3S. The van der Waals surface area contributed by atoms with E-state index in [1.807, 2.05) is 0 Å². The van der Waals surface area contributed by atoms with Crippen LogP contribution in [0.5, 0.6) is 0 Å². The lowest BCUT2D eigenvalue weighted by Crippen LogP contribution is -2.49. The van der Waals surface area contributed by atoms with E-state index in [4.69, 9.17) is 0 Å². The SMILES string of the molecule is CNC(=O)C1C2CC(C3CCN(S(=O)(=O)C4CCCCC4)CC3)CCN2NC1C(F)(F)F. The Hall–Kier alpha value is -0.910. The van der Waals surface area contributed by atoms with Crippen LogP contribution in [0.2, 0.25) is 0 Å². The number of sulfonamides is 1. The van der Waals surface area contributed by atoms with Crippen molar-refractivity contribution in [2.75, 3.05) is 26.7 Å². The Kier molecular flexibility index (Phi) is 7.10. The number of rotatable bonds is 4. The van der Waals surface area contributed by atoms with Crippen LogP contribution in [0.4, 0.5) is 13.2 Å². The normalized spacial score (nSPS) is 34.4. The quantitative estimate of drug-likeness (QED) is 0.645. The van der Waals surface area contributed by atoms with Crippen molar-refractivity contribution in [3.63, 3.8) is 0 Å². The fourth-order valence-corrected chi connectivity index (χ4v) is 8.45. The van der Waals surface area contributed by atoms with Crippen LogP contribution in [0.25, 0.3) is 0 Å². The molecule has 0 spiro atoms. The van der Waals surface area contributed by atoms with Gasteiger partial charge in [0.15, 0.2) is 0 Å². The van der Waals surface area contributed by atoms with Crippen LogP contribution in [0.1, 0.15) is 57.8 Å². The second kappa shape index (κ2) is 9.38. The minimum absolute atomic E-state index is 0.205. The number of halogens is 3. The second-order valence-corrected chi connectivity index (χ2v) is 12.1. The molecule has 4 rings (SSSR count). The second-order valence-electron chi connectivity index (χ2n) is 9.88. The maximum Gasteiger partial charge on any atom is 0.406 e. The minimum atomic E-state index is -4.50. The molecule has 3 saturated heterocycles. The molecule has 4 fully saturated rings. The summed E-state index contributed by atoms with van der Waals surface area (Å²) in [6.07, 6.45) is 2.81. The van der Waals surface area contributed by atoms with Gasteiger partial charge in [0.2, 0.25) is 15.9 Å². The molecule has 3 heterocycles. The Morgan fingerprint density at radius 3 is 2.19 bits per heavy atom. The zero-order valence-corrected chi connectivity index (χ0v) is 19.4. The van der Waals surface area contributed by atoms with Gasteiger partial charge in [0.05, 0.1) is 11.2 Å². The molecule has 0 aromatic carbocycles. The van der Waals surface area contributed by atoms with Crippen molar-refractivity contribution < 1.29 is 26.4 Å². The number of carbonyl (C=O) groups is 1. The van der Waals surface area contributed by atoms with Crippen LogP contribution in [0.15, 0.2) is 0 Å². The fourth-order valence-electron chi connectivity index (χ4n) is 6.38. The van der Waals surface area contributed by atoms with Gasteiger partial charge in [-0.25, -0.2) is 23.2 Å². The highest BCUT2D eigenvalue weighted by atomic mass is 32.2. The highest BCUT2D eigenvalue weighted by Gasteiger charge is 2.58. The van der Waals surface area contributed by atoms with E-state index in [1.54, 1.807) is 9.31 Å². The van der Waals surface area contributed by atoms with Crippen molar-refractivity contribution in [2.45, 2.75) is 81.3 Å². The summed E-state index contributed by atoms with van der Waals surface area (Å²) in [6.45, 7) is 1.46. The third-order valence-electron chi connectivity index (χ3n) is 8.16. The summed E-state index contributed by atoms with van der Waals surface area (Å²) in [7, 11) is -1.89. The van der Waals surface area contributed by atoms with Gasteiger partial charge in [-0.2, -0.15) is 13.2 Å². The molecule has 4 aliphatic rings. The summed E-state index contributed by atoms with van der Waals surface area (Å²) in [4.78, 5) is 12.4. The van der Waals surface area contributed by atoms with Crippen LogP contribution in [-0.4, -0.2) is 73.8 Å². The Labute approximate surface area is 188 Å². The fraction of sp³-hybridized carbons (Fsp3) is 0.952. The summed E-state index contributed by atoms with van der Waals surface area (Å²) in [5, 5.41) is 3.76. The van der Waals surface area contributed by atoms with Crippen molar-refractivity contribution in [1.29, 1.82) is 0 Å². The maximum atomic E-state index is 13.6. The number of hydrogen-bond acceptors (Lipinski definition) is 5. The monoisotopic (exact) mass is 480 g/mol. The number of hydrogen-bond donors (Lipinski definition) is 2. The van der Waals surface area contributed by atoms with E-state index in [0.29, 0.717) is 26.1 Å². The molecule has 1 amide bonds. The summed E-state index contributed by atoms with van der Waals surface area (Å²) in [5.41, 5.74) is 2.54. The smallest absolute Gasteiger partial charge is 0.359 e. The van der Waals surface area contributed by atoms with Crippen molar-refractivity contribution in [2.24, 2.45) is 17.8 Å². The van der Waals surface area contributed by atoms with E-state index in [2.05, 4.69) is 10.7 Å². The van der Waals surface area contributed by atoms with E-state index in [-0.39, 0.29) is 17.1 Å². The molecule has 4 unspecified atom stereocenters. The average Bonchev–Trinajstić information content (AvgIpc) is 3.19. The molecule has 4 atom stereocenters. The Balaban J connectivity index is 1.39. The van der Waals surface area contributed by atoms with Gasteiger partial charge in [-0.15, -0.1) is 0 Å². The number of amides is 1. The lowest BCUT2D eigenvalue weighted by atomic mass is 9.74. The predicted molar refractivity (Wildman–Crippen MR) is 114 cm³/mol. The molecular weight excluding hydrogens is 445 g/mol. The van der Waals surface area contributed by atoms with Gasteiger partial charge < -0.3 is 5.32 Å². The standard InChI is InChI=1S/C21H35F3N4O3S/c1-25-20(29)18-17-13-15(9-12-28(17)26-19(18)21(22,23)24)14-7-10-27(11-8-14)32(30,31)16-5-3-2-4-6-16/h14-19,26H,2-13H2,1H3,(H,25,29). The average molecular weight is 481 g/mol. The Morgan fingerprint density at radius 1 is 0.969 bits per heavy atom. The topological polar surface area (TPSA) is 81.8 Å². The summed E-state index contributed by atoms with van der Waals surface area (Å²) in [5.74, 6) is -1.27. The highest BCUT2D eigenvalue weighted by Crippen LogP contribution is 2.43. The molecule has 7 nitrogen and oxygen atoms in total. The zero-order chi connectivity index (χ0) is 23.1. The zero-order valence-electron chi connectivity index (χ0n) is 18.6. The van der Waals surface area contributed by atoms with E-state index < -0.39 is 40.1 Å². The van der Waals surface area contributed by atoms with E-state index >= 15 is 0 Å². The molecule has 0 aromatic heterocycles. The van der Waals surface area contributed by atoms with E-state index in [0.717, 1.165) is 51.4 Å². The minimum Gasteiger partial charge on any atom is -0.359 e. The maximum absolute atomic E-state index is 13.6. The summed E-state index contributed by atoms with van der Waals surface area (Å²) in [6, 6.07) is -2.36. The molecule has 1 saturated carbocycles. The first-order valence-corrected chi connectivity index (χ1v) is 13.4. The van der Waals surface area contributed by atoms with Gasteiger partial charge in [-0.3, -0.25) is 4.79 Å². The first-order valence-electron chi connectivity index (χ1n) is 11.9. The highest BCUT2D eigenvalue weighted by molar-refractivity contribution is 7.89. The number of carbonyl (C=O) groups excluding carboxylic acids is 1. The van der Waals surface area contributed by atoms with Crippen LogP contribution in [-0.2, 0) is 14.8 Å². The molecule has 3 aliphatic heterocycles. The lowest BCUT2D eigenvalue weighted by Gasteiger charge is -2.42. The number of fused-ring (bicyclic) bond motifs is 1. The van der Waals surface area contributed by atoms with Crippen LogP contribution in [0.3, 0.4) is 0 Å². The van der Waals surface area contributed by atoms with Gasteiger partial charge in [0.25, 0.3) is 0 Å². The first kappa shape index (κ1) is 24.2. The third-order valence-corrected chi connectivity index (χ3v) is 10.6. The summed E-state index contributed by atoms with van der Waals surface area (Å²) < 4.78 is 68.4. The van der Waals surface area contributed by atoms with Crippen molar-refractivity contribution in [1.82, 2.24) is 20.1 Å². The molecule has 0 bridgehead atoms. The predicted octanol–water partition coefficient (Wildman–Crippen LogP) is 2.25. The number of nitrogens with one attached hydrogen (secondary N) is 2. The van der Waals surface area contributed by atoms with Gasteiger partial charge in [-0.05, 0) is 50.4 Å². The van der Waals surface area contributed by atoms with Gasteiger partial charge in [-0.1, -0.05) is 19.3 Å². The van der Waals surface area contributed by atoms with Crippen LogP contribution >= 0.6 is 0 Å². The van der Waals surface area contributed by atoms with Gasteiger partial charge >= 0.3 is 6.18 Å². The first-order chi connectivity index (χ1) is 15.1. The van der Waals surface area contributed by atoms with E-state index in [9.17, 15) is 26.4 Å². The van der Waals surface area contributed by atoms with Gasteiger partial charge in [0.1, 0.15) is 6.04 Å². The molecule has 1 aliphatic carbocycles. The van der Waals surface area contributed by atoms with Crippen molar-refractivity contribution >= 4 is 15.9 Å². The Morgan fingerprint density at radius 2 is 1.59 bits per heavy atom. The van der Waals surface area contributed by atoms with Crippen LogP contribution < -0.4 is 10.7 Å². The van der Waals surface area contributed by atoms with Crippen molar-refractivity contribution in [3.05, 3.63) is 0 Å². The molecule has 0 radical (unpaired) electrons. The van der Waals surface area contributed by atoms with Gasteiger partial charge in [0, 0.05) is 32.7 Å². The molecule has 11 heteroatoms. The molecule has 2 N–H and O–H groups in total. The lowest BCUT2D eigenvalue weighted by molar-refractivity contribution is -0.169. The molecule has 0 aromatic rings. The number of hydrazine groups is 1. The largest absolute Gasteiger partial charge is 0.406 e. The number of nitrogens with zero attached hydrogens (tertiary/aromatic N) is 2. The molecule has 184 valence electrons. The summed E-state index contributed by atoms with van der Waals surface area (Å²) >= 11 is 0. The Bertz CT molecular complexity index is 780. The van der Waals surface area contributed by atoms with E-state index in [1.165, 1.54) is 7.05 Å². The molecule has 32 heavy (non-hydrogen) atoms. The number of alkyl halides is 3. The third kappa shape index (κ3) is 4.67. The van der Waals surface area contributed by atoms with Crippen molar-refractivity contribution in [3.8, 4) is 0 Å². The number of piperidine rings is 2. The van der Waals surface area contributed by atoms with Crippen LogP contribution in [0, 0.1) is 17.8 Å².